The lowest BCUT2D eigenvalue weighted by Gasteiger charge is -2.21. The van der Waals surface area contributed by atoms with Crippen molar-refractivity contribution in [2.75, 3.05) is 13.7 Å². The molecule has 1 aliphatic rings. The second-order valence-electron chi connectivity index (χ2n) is 6.51. The highest BCUT2D eigenvalue weighted by Gasteiger charge is 2.36. The van der Waals surface area contributed by atoms with Crippen molar-refractivity contribution in [2.24, 2.45) is 0 Å². The van der Waals surface area contributed by atoms with E-state index in [9.17, 15) is 14.4 Å². The summed E-state index contributed by atoms with van der Waals surface area (Å²) in [4.78, 5) is 37.3. The minimum absolute atomic E-state index is 0.267. The van der Waals surface area contributed by atoms with Crippen molar-refractivity contribution in [1.29, 1.82) is 0 Å². The lowest BCUT2D eigenvalue weighted by atomic mass is 10.2. The molecule has 0 atom stereocenters. The van der Waals surface area contributed by atoms with Gasteiger partial charge in [0.05, 0.1) is 12.0 Å². The van der Waals surface area contributed by atoms with Crippen LogP contribution in [0.25, 0.3) is 6.08 Å². The molecule has 1 saturated heterocycles. The molecule has 0 radical (unpaired) electrons. The van der Waals surface area contributed by atoms with Gasteiger partial charge in [0, 0.05) is 0 Å². The molecule has 1 heterocycles. The first-order chi connectivity index (χ1) is 12.2. The number of amides is 2. The van der Waals surface area contributed by atoms with E-state index in [-0.39, 0.29) is 11.4 Å². The quantitative estimate of drug-likeness (QED) is 0.578. The predicted molar refractivity (Wildman–Crippen MR) is 101 cm³/mol. The Morgan fingerprint density at radius 2 is 1.85 bits per heavy atom. The van der Waals surface area contributed by atoms with Crippen molar-refractivity contribution < 1.29 is 23.9 Å². The zero-order valence-corrected chi connectivity index (χ0v) is 16.0. The van der Waals surface area contributed by atoms with E-state index in [2.05, 4.69) is 0 Å². The summed E-state index contributed by atoms with van der Waals surface area (Å²) in [6, 6.07) is 7.40. The van der Waals surface area contributed by atoms with E-state index < -0.39 is 22.7 Å². The summed E-state index contributed by atoms with van der Waals surface area (Å²) < 4.78 is 10.2. The maximum atomic E-state index is 12.3. The number of allylic oxidation sites excluding steroid dienone is 2. The number of benzene rings is 1. The normalized spacial score (nSPS) is 16.6. The van der Waals surface area contributed by atoms with Gasteiger partial charge in [0.15, 0.2) is 0 Å². The molecule has 6 nitrogen and oxygen atoms in total. The van der Waals surface area contributed by atoms with Crippen molar-refractivity contribution in [3.05, 3.63) is 46.9 Å². The standard InChI is InChI=1S/C19H21NO5S/c1-19(2,3)25-16(21)12-20-17(22)15(26-18(20)23)7-5-6-13-8-10-14(24-4)11-9-13/h5-11H,12H2,1-4H3. The molecule has 1 aromatic rings. The van der Waals surface area contributed by atoms with Crippen LogP contribution in [0.2, 0.25) is 0 Å². The first-order valence-corrected chi connectivity index (χ1v) is 8.79. The smallest absolute Gasteiger partial charge is 0.326 e. The molecule has 1 fully saturated rings. The molecular weight excluding hydrogens is 354 g/mol. The van der Waals surface area contributed by atoms with Gasteiger partial charge in [-0.25, -0.2) is 0 Å². The van der Waals surface area contributed by atoms with Crippen molar-refractivity contribution in [1.82, 2.24) is 4.90 Å². The Morgan fingerprint density at radius 1 is 1.19 bits per heavy atom. The van der Waals surface area contributed by atoms with Crippen LogP contribution in [0.1, 0.15) is 26.3 Å². The van der Waals surface area contributed by atoms with Gasteiger partial charge < -0.3 is 9.47 Å². The highest BCUT2D eigenvalue weighted by molar-refractivity contribution is 8.18. The minimum Gasteiger partial charge on any atom is -0.497 e. The third-order valence-corrected chi connectivity index (χ3v) is 4.16. The maximum absolute atomic E-state index is 12.3. The predicted octanol–water partition coefficient (Wildman–Crippen LogP) is 3.63. The zero-order chi connectivity index (χ0) is 19.3. The number of thioether (sulfide) groups is 1. The van der Waals surface area contributed by atoms with Crippen LogP contribution in [0, 0.1) is 0 Å². The molecule has 1 aliphatic heterocycles. The number of nitrogens with zero attached hydrogens (tertiary/aromatic N) is 1. The number of ether oxygens (including phenoxy) is 2. The lowest BCUT2D eigenvalue weighted by Crippen LogP contribution is -2.37. The van der Waals surface area contributed by atoms with E-state index in [1.165, 1.54) is 0 Å². The summed E-state index contributed by atoms with van der Waals surface area (Å²) in [6.07, 6.45) is 5.05. The van der Waals surface area contributed by atoms with Crippen LogP contribution >= 0.6 is 11.8 Å². The largest absolute Gasteiger partial charge is 0.497 e. The van der Waals surface area contributed by atoms with E-state index in [0.717, 1.165) is 28.0 Å². The molecule has 0 aliphatic carbocycles. The number of hydrogen-bond acceptors (Lipinski definition) is 6. The molecule has 0 unspecified atom stereocenters. The average Bonchev–Trinajstić information content (AvgIpc) is 2.81. The van der Waals surface area contributed by atoms with Crippen molar-refractivity contribution in [2.45, 2.75) is 26.4 Å². The van der Waals surface area contributed by atoms with Gasteiger partial charge >= 0.3 is 5.97 Å². The van der Waals surface area contributed by atoms with Crippen LogP contribution in [0.15, 0.2) is 41.3 Å². The Balaban J connectivity index is 2.01. The molecule has 1 aromatic carbocycles. The monoisotopic (exact) mass is 375 g/mol. The van der Waals surface area contributed by atoms with Gasteiger partial charge in [-0.1, -0.05) is 24.3 Å². The van der Waals surface area contributed by atoms with Gasteiger partial charge in [0.1, 0.15) is 17.9 Å². The van der Waals surface area contributed by atoms with Gasteiger partial charge in [0.2, 0.25) is 0 Å². The number of rotatable bonds is 5. The summed E-state index contributed by atoms with van der Waals surface area (Å²) in [5.41, 5.74) is 0.255. The molecule has 7 heteroatoms. The van der Waals surface area contributed by atoms with Crippen LogP contribution in [-0.4, -0.2) is 41.3 Å². The average molecular weight is 375 g/mol. The molecule has 0 N–H and O–H groups in total. The first-order valence-electron chi connectivity index (χ1n) is 7.97. The van der Waals surface area contributed by atoms with E-state index in [0.29, 0.717) is 0 Å². The highest BCUT2D eigenvalue weighted by atomic mass is 32.2. The van der Waals surface area contributed by atoms with Gasteiger partial charge in [-0.15, -0.1) is 0 Å². The number of methoxy groups -OCH3 is 1. The molecule has 2 rings (SSSR count). The number of carbonyl (C=O) groups excluding carboxylic acids is 3. The van der Waals surface area contributed by atoms with Crippen LogP contribution in [0.3, 0.4) is 0 Å². The highest BCUT2D eigenvalue weighted by Crippen LogP contribution is 2.30. The van der Waals surface area contributed by atoms with E-state index in [1.807, 2.05) is 24.3 Å². The van der Waals surface area contributed by atoms with Crippen LogP contribution < -0.4 is 4.74 Å². The fourth-order valence-corrected chi connectivity index (χ4v) is 2.90. The summed E-state index contributed by atoms with van der Waals surface area (Å²) >= 11 is 0.802. The number of imide groups is 1. The van der Waals surface area contributed by atoms with E-state index >= 15 is 0 Å². The zero-order valence-electron chi connectivity index (χ0n) is 15.1. The summed E-state index contributed by atoms with van der Waals surface area (Å²) in [6.45, 7) is 4.79. The third kappa shape index (κ3) is 5.49. The van der Waals surface area contributed by atoms with Crippen LogP contribution in [0.4, 0.5) is 4.79 Å². The van der Waals surface area contributed by atoms with Gasteiger partial charge in [0.25, 0.3) is 11.1 Å². The molecule has 2 amide bonds. The summed E-state index contributed by atoms with van der Waals surface area (Å²) in [5.74, 6) is -0.356. The Morgan fingerprint density at radius 3 is 2.42 bits per heavy atom. The molecule has 0 bridgehead atoms. The van der Waals surface area contributed by atoms with Crippen molar-refractivity contribution in [3.63, 3.8) is 0 Å². The SMILES string of the molecule is COc1ccc(C=CC=C2SC(=O)N(CC(=O)OC(C)(C)C)C2=O)cc1. The van der Waals surface area contributed by atoms with Crippen molar-refractivity contribution >= 4 is 35.0 Å². The van der Waals surface area contributed by atoms with Crippen molar-refractivity contribution in [3.8, 4) is 5.75 Å². The van der Waals surface area contributed by atoms with E-state index in [4.69, 9.17) is 9.47 Å². The fraction of sp³-hybridized carbons (Fsp3) is 0.316. The van der Waals surface area contributed by atoms with Gasteiger partial charge in [-0.2, -0.15) is 0 Å². The van der Waals surface area contributed by atoms with Crippen LogP contribution in [0.5, 0.6) is 5.75 Å². The number of carbonyl (C=O) groups is 3. The molecule has 26 heavy (non-hydrogen) atoms. The number of hydrogen-bond donors (Lipinski definition) is 0. The molecule has 0 aromatic heterocycles. The topological polar surface area (TPSA) is 72.9 Å². The Bertz CT molecular complexity index is 759. The number of esters is 1. The molecular formula is C19H21NO5S. The minimum atomic E-state index is -0.671. The third-order valence-electron chi connectivity index (χ3n) is 3.23. The first kappa shape index (κ1) is 19.8. The summed E-state index contributed by atoms with van der Waals surface area (Å²) in [7, 11) is 1.60. The van der Waals surface area contributed by atoms with E-state index in [1.54, 1.807) is 46.1 Å². The van der Waals surface area contributed by atoms with Gasteiger partial charge in [-0.3, -0.25) is 19.3 Å². The van der Waals surface area contributed by atoms with Crippen LogP contribution in [-0.2, 0) is 14.3 Å². The Labute approximate surface area is 156 Å². The summed E-state index contributed by atoms with van der Waals surface area (Å²) in [5, 5.41) is -0.482. The second-order valence-corrected chi connectivity index (χ2v) is 7.50. The maximum Gasteiger partial charge on any atom is 0.326 e. The Hall–Kier alpha value is -2.54. The molecule has 0 saturated carbocycles. The second kappa shape index (κ2) is 8.23. The fourth-order valence-electron chi connectivity index (χ4n) is 2.11. The van der Waals surface area contributed by atoms with Gasteiger partial charge in [-0.05, 0) is 56.3 Å². The molecule has 0 spiro atoms. The Kier molecular flexibility index (Phi) is 6.26. The molecule has 138 valence electrons. The lowest BCUT2D eigenvalue weighted by molar-refractivity contribution is -0.156.